The normalized spacial score (nSPS) is 13.0. The van der Waals surface area contributed by atoms with Crippen LogP contribution >= 0.6 is 0 Å². The molecule has 0 aliphatic rings. The fourth-order valence-corrected chi connectivity index (χ4v) is 1.35. The molecule has 1 aromatic rings. The van der Waals surface area contributed by atoms with E-state index >= 15 is 0 Å². The van der Waals surface area contributed by atoms with Crippen LogP contribution in [-0.2, 0) is 22.7 Å². The first-order valence-electron chi connectivity index (χ1n) is 6.42. The van der Waals surface area contributed by atoms with E-state index in [-0.39, 0.29) is 6.10 Å². The molecule has 0 N–H and O–H groups in total. The van der Waals surface area contributed by atoms with E-state index in [1.165, 1.54) is 11.1 Å². The lowest BCUT2D eigenvalue weighted by molar-refractivity contribution is 0.0506. The lowest BCUT2D eigenvalue weighted by Crippen LogP contribution is -2.06. The van der Waals surface area contributed by atoms with Gasteiger partial charge in [0.1, 0.15) is 0 Å². The Hall–Kier alpha value is -0.860. The third-order valence-electron chi connectivity index (χ3n) is 2.72. The molecule has 0 fully saturated rings. The van der Waals surface area contributed by atoms with Crippen molar-refractivity contribution in [2.45, 2.75) is 59.5 Å². The van der Waals surface area contributed by atoms with Gasteiger partial charge in [-0.1, -0.05) is 31.2 Å². The monoisotopic (exact) mass is 236 g/mol. The minimum absolute atomic E-state index is 0.281. The molecule has 1 aromatic carbocycles. The molecular formula is C15H24O2. The number of benzene rings is 1. The molecule has 0 amide bonds. The van der Waals surface area contributed by atoms with Crippen molar-refractivity contribution in [1.29, 1.82) is 0 Å². The Labute approximate surface area is 105 Å². The molecule has 1 atom stereocenters. The quantitative estimate of drug-likeness (QED) is 0.714. The number of hydrogen-bond acceptors (Lipinski definition) is 2. The Morgan fingerprint density at radius 3 is 1.76 bits per heavy atom. The molecule has 0 radical (unpaired) electrons. The topological polar surface area (TPSA) is 18.5 Å². The van der Waals surface area contributed by atoms with E-state index < -0.39 is 0 Å². The van der Waals surface area contributed by atoms with Gasteiger partial charge in [0.05, 0.1) is 25.4 Å². The van der Waals surface area contributed by atoms with E-state index in [1.54, 1.807) is 0 Å². The van der Waals surface area contributed by atoms with Gasteiger partial charge in [-0.3, -0.25) is 0 Å². The van der Waals surface area contributed by atoms with Crippen LogP contribution in [0.5, 0.6) is 0 Å². The maximum Gasteiger partial charge on any atom is 0.0720 e. The fourth-order valence-electron chi connectivity index (χ4n) is 1.35. The van der Waals surface area contributed by atoms with Crippen LogP contribution < -0.4 is 0 Å². The average molecular weight is 236 g/mol. The van der Waals surface area contributed by atoms with E-state index in [0.29, 0.717) is 19.3 Å². The summed E-state index contributed by atoms with van der Waals surface area (Å²) in [6, 6.07) is 8.44. The highest BCUT2D eigenvalue weighted by molar-refractivity contribution is 5.21. The first-order chi connectivity index (χ1) is 8.11. The summed E-state index contributed by atoms with van der Waals surface area (Å²) in [5.74, 6) is 0. The Morgan fingerprint density at radius 2 is 1.35 bits per heavy atom. The van der Waals surface area contributed by atoms with Crippen LogP contribution in [0.4, 0.5) is 0 Å². The molecule has 1 rings (SSSR count). The smallest absolute Gasteiger partial charge is 0.0720 e. The molecule has 0 saturated heterocycles. The molecule has 1 unspecified atom stereocenters. The molecule has 2 heteroatoms. The summed E-state index contributed by atoms with van der Waals surface area (Å²) in [6.45, 7) is 9.72. The lowest BCUT2D eigenvalue weighted by Gasteiger charge is -2.11. The van der Waals surface area contributed by atoms with Crippen LogP contribution in [0, 0.1) is 0 Å². The zero-order valence-electron chi connectivity index (χ0n) is 11.4. The molecule has 0 aromatic heterocycles. The van der Waals surface area contributed by atoms with Crippen LogP contribution in [0.2, 0.25) is 0 Å². The van der Waals surface area contributed by atoms with Crippen molar-refractivity contribution in [3.63, 3.8) is 0 Å². The minimum Gasteiger partial charge on any atom is -0.374 e. The highest BCUT2D eigenvalue weighted by Crippen LogP contribution is 2.09. The van der Waals surface area contributed by atoms with Crippen LogP contribution in [0.15, 0.2) is 24.3 Å². The van der Waals surface area contributed by atoms with Crippen LogP contribution in [0.1, 0.15) is 45.2 Å². The first-order valence-corrected chi connectivity index (χ1v) is 6.42. The van der Waals surface area contributed by atoms with Gasteiger partial charge in [-0.15, -0.1) is 0 Å². The Balaban J connectivity index is 2.39. The lowest BCUT2D eigenvalue weighted by atomic mass is 10.1. The van der Waals surface area contributed by atoms with Gasteiger partial charge in [0.15, 0.2) is 0 Å². The van der Waals surface area contributed by atoms with Crippen LogP contribution in [-0.4, -0.2) is 12.2 Å². The van der Waals surface area contributed by atoms with E-state index in [9.17, 15) is 0 Å². The van der Waals surface area contributed by atoms with Gasteiger partial charge >= 0.3 is 0 Å². The van der Waals surface area contributed by atoms with E-state index in [0.717, 1.165) is 6.42 Å². The van der Waals surface area contributed by atoms with Crippen molar-refractivity contribution in [2.75, 3.05) is 0 Å². The second-order valence-corrected chi connectivity index (χ2v) is 4.71. The highest BCUT2D eigenvalue weighted by atomic mass is 16.5. The summed E-state index contributed by atoms with van der Waals surface area (Å²) < 4.78 is 11.2. The Kier molecular flexibility index (Phi) is 6.23. The molecule has 0 heterocycles. The van der Waals surface area contributed by atoms with Gasteiger partial charge < -0.3 is 9.47 Å². The third-order valence-corrected chi connectivity index (χ3v) is 2.72. The van der Waals surface area contributed by atoms with Crippen molar-refractivity contribution in [1.82, 2.24) is 0 Å². The number of ether oxygens (including phenoxy) is 2. The van der Waals surface area contributed by atoms with E-state index in [4.69, 9.17) is 9.47 Å². The zero-order chi connectivity index (χ0) is 12.7. The van der Waals surface area contributed by atoms with Crippen LogP contribution in [0.3, 0.4) is 0 Å². The molecule has 96 valence electrons. The predicted molar refractivity (Wildman–Crippen MR) is 70.9 cm³/mol. The van der Waals surface area contributed by atoms with Gasteiger partial charge in [-0.2, -0.15) is 0 Å². The summed E-state index contributed by atoms with van der Waals surface area (Å²) in [5, 5.41) is 0. The Morgan fingerprint density at radius 1 is 0.882 bits per heavy atom. The van der Waals surface area contributed by atoms with E-state index in [2.05, 4.69) is 38.1 Å². The van der Waals surface area contributed by atoms with Crippen LogP contribution in [0.25, 0.3) is 0 Å². The fraction of sp³-hybridized carbons (Fsp3) is 0.600. The molecule has 0 aliphatic heterocycles. The van der Waals surface area contributed by atoms with Gasteiger partial charge in [-0.25, -0.2) is 0 Å². The summed E-state index contributed by atoms with van der Waals surface area (Å²) in [4.78, 5) is 0. The van der Waals surface area contributed by atoms with Gasteiger partial charge in [-0.05, 0) is 38.3 Å². The summed E-state index contributed by atoms with van der Waals surface area (Å²) in [7, 11) is 0. The largest absolute Gasteiger partial charge is 0.374 e. The summed E-state index contributed by atoms with van der Waals surface area (Å²) >= 11 is 0. The van der Waals surface area contributed by atoms with Crippen molar-refractivity contribution >= 4 is 0 Å². The Bertz CT molecular complexity index is 303. The SMILES string of the molecule is CCC(C)OCc1ccc(COC(C)C)cc1. The molecule has 0 spiro atoms. The number of hydrogen-bond donors (Lipinski definition) is 0. The number of rotatable bonds is 7. The molecule has 2 nitrogen and oxygen atoms in total. The molecular weight excluding hydrogens is 212 g/mol. The van der Waals surface area contributed by atoms with Crippen molar-refractivity contribution in [2.24, 2.45) is 0 Å². The van der Waals surface area contributed by atoms with Gasteiger partial charge in [0.25, 0.3) is 0 Å². The molecule has 0 aliphatic carbocycles. The molecule has 0 saturated carbocycles. The second kappa shape index (κ2) is 7.46. The summed E-state index contributed by atoms with van der Waals surface area (Å²) in [5.41, 5.74) is 2.43. The zero-order valence-corrected chi connectivity index (χ0v) is 11.4. The maximum absolute atomic E-state index is 5.68. The van der Waals surface area contributed by atoms with Gasteiger partial charge in [0, 0.05) is 0 Å². The van der Waals surface area contributed by atoms with Gasteiger partial charge in [0.2, 0.25) is 0 Å². The highest BCUT2D eigenvalue weighted by Gasteiger charge is 2.00. The second-order valence-electron chi connectivity index (χ2n) is 4.71. The first kappa shape index (κ1) is 14.2. The third kappa shape index (κ3) is 5.85. The van der Waals surface area contributed by atoms with Crippen molar-refractivity contribution in [3.05, 3.63) is 35.4 Å². The minimum atomic E-state index is 0.281. The average Bonchev–Trinajstić information content (AvgIpc) is 2.34. The molecule has 17 heavy (non-hydrogen) atoms. The predicted octanol–water partition coefficient (Wildman–Crippen LogP) is 3.93. The van der Waals surface area contributed by atoms with E-state index in [1.807, 2.05) is 13.8 Å². The van der Waals surface area contributed by atoms with Crippen molar-refractivity contribution in [3.8, 4) is 0 Å². The molecule has 0 bridgehead atoms. The summed E-state index contributed by atoms with van der Waals surface area (Å²) in [6.07, 6.45) is 1.67. The maximum atomic E-state index is 5.68. The van der Waals surface area contributed by atoms with Crippen molar-refractivity contribution < 1.29 is 9.47 Å². The standard InChI is InChI=1S/C15H24O2/c1-5-13(4)17-11-15-8-6-14(7-9-15)10-16-12(2)3/h6-9,12-13H,5,10-11H2,1-4H3.